The van der Waals surface area contributed by atoms with Crippen LogP contribution in [0.25, 0.3) is 11.5 Å². The number of rotatable bonds is 13. The average Bonchev–Trinajstić information content (AvgIpc) is 3.03. The van der Waals surface area contributed by atoms with Gasteiger partial charge < -0.3 is 14.6 Å². The molecule has 0 spiro atoms. The number of hydrogen-bond donors (Lipinski definition) is 1. The third-order valence-electron chi connectivity index (χ3n) is 5.20. The van der Waals surface area contributed by atoms with Crippen molar-refractivity contribution in [3.8, 4) is 11.5 Å². The molecule has 8 heteroatoms. The van der Waals surface area contributed by atoms with Crippen LogP contribution in [0.4, 0.5) is 0 Å². The van der Waals surface area contributed by atoms with E-state index in [9.17, 15) is 13.2 Å². The summed E-state index contributed by atoms with van der Waals surface area (Å²) in [5.41, 5.74) is 2.16. The summed E-state index contributed by atoms with van der Waals surface area (Å²) in [6.07, 6.45) is 0.785. The lowest BCUT2D eigenvalue weighted by atomic mass is 10.1. The minimum Gasteiger partial charge on any atom is -0.441 e. The second kappa shape index (κ2) is 12.3. The van der Waals surface area contributed by atoms with Gasteiger partial charge >= 0.3 is 0 Å². The van der Waals surface area contributed by atoms with Gasteiger partial charge in [0.15, 0.2) is 9.84 Å². The molecule has 1 heterocycles. The fraction of sp³-hybridized carbons (Fsp3) is 0.600. The number of aromatic nitrogens is 1. The number of carbonyl (C=O) groups is 1. The van der Waals surface area contributed by atoms with Crippen LogP contribution in [0.1, 0.15) is 51.1 Å². The summed E-state index contributed by atoms with van der Waals surface area (Å²) in [4.78, 5) is 19.1. The lowest BCUT2D eigenvalue weighted by molar-refractivity contribution is -0.118. The van der Waals surface area contributed by atoms with Gasteiger partial charge in [-0.15, -0.1) is 0 Å². The molecule has 1 N–H and O–H groups in total. The minimum absolute atomic E-state index is 0.321. The van der Waals surface area contributed by atoms with E-state index in [0.717, 1.165) is 37.2 Å². The Bertz CT molecular complexity index is 1000. The molecule has 0 radical (unpaired) electrons. The summed E-state index contributed by atoms with van der Waals surface area (Å²) < 4.78 is 30.9. The van der Waals surface area contributed by atoms with Crippen molar-refractivity contribution in [1.29, 1.82) is 0 Å². The van der Waals surface area contributed by atoms with Gasteiger partial charge in [-0.05, 0) is 50.3 Å². The van der Waals surface area contributed by atoms with E-state index in [0.29, 0.717) is 35.7 Å². The molecule has 0 saturated carbocycles. The highest BCUT2D eigenvalue weighted by molar-refractivity contribution is 7.91. The molecule has 0 aliphatic rings. The van der Waals surface area contributed by atoms with Gasteiger partial charge in [0.25, 0.3) is 0 Å². The van der Waals surface area contributed by atoms with Crippen LogP contribution in [0.2, 0.25) is 0 Å². The lowest BCUT2D eigenvalue weighted by Gasteiger charge is -2.26. The van der Waals surface area contributed by atoms with Gasteiger partial charge in [0.05, 0.1) is 11.4 Å². The fourth-order valence-corrected chi connectivity index (χ4v) is 5.11. The number of sulfone groups is 1. The predicted octanol–water partition coefficient (Wildman–Crippen LogP) is 3.99. The maximum absolute atomic E-state index is 12.6. The Balaban J connectivity index is 1.87. The summed E-state index contributed by atoms with van der Waals surface area (Å²) in [7, 11) is -3.67. The number of oxazole rings is 1. The first-order chi connectivity index (χ1) is 15.5. The van der Waals surface area contributed by atoms with E-state index in [1.807, 2.05) is 31.2 Å². The van der Waals surface area contributed by atoms with Gasteiger partial charge in [0.2, 0.25) is 11.8 Å². The van der Waals surface area contributed by atoms with E-state index in [1.165, 1.54) is 0 Å². The van der Waals surface area contributed by atoms with Crippen LogP contribution < -0.4 is 5.32 Å². The normalized spacial score (nSPS) is 12.2. The monoisotopic (exact) mass is 477 g/mol. The van der Waals surface area contributed by atoms with Gasteiger partial charge in [-0.1, -0.05) is 45.9 Å². The van der Waals surface area contributed by atoms with Crippen LogP contribution in [0.5, 0.6) is 0 Å². The average molecular weight is 478 g/mol. The second-order valence-corrected chi connectivity index (χ2v) is 11.7. The molecular formula is C25H39N3O4S. The van der Waals surface area contributed by atoms with E-state index >= 15 is 0 Å². The van der Waals surface area contributed by atoms with Crippen LogP contribution >= 0.6 is 0 Å². The summed E-state index contributed by atoms with van der Waals surface area (Å²) in [6, 6.07) is 7.63. The number of nitrogens with one attached hydrogen (secondary N) is 1. The third kappa shape index (κ3) is 9.29. The topological polar surface area (TPSA) is 92.5 Å². The second-order valence-electron chi connectivity index (χ2n) is 9.62. The Morgan fingerprint density at radius 3 is 2.33 bits per heavy atom. The summed E-state index contributed by atoms with van der Waals surface area (Å²) >= 11 is 0. The van der Waals surface area contributed by atoms with Gasteiger partial charge in [-0.2, -0.15) is 0 Å². The molecular weight excluding hydrogens is 438 g/mol. The van der Waals surface area contributed by atoms with Crippen LogP contribution in [0.3, 0.4) is 0 Å². The minimum atomic E-state index is -3.67. The van der Waals surface area contributed by atoms with Crippen molar-refractivity contribution in [2.45, 2.75) is 53.7 Å². The van der Waals surface area contributed by atoms with E-state index in [1.54, 1.807) is 6.92 Å². The van der Waals surface area contributed by atoms with E-state index < -0.39 is 21.5 Å². The number of hydrogen-bond acceptors (Lipinski definition) is 6. The van der Waals surface area contributed by atoms with Crippen molar-refractivity contribution < 1.29 is 17.6 Å². The van der Waals surface area contributed by atoms with Crippen LogP contribution in [-0.2, 0) is 20.4 Å². The molecule has 2 aromatic rings. The number of aryl methyl sites for hydroxylation is 2. The highest BCUT2D eigenvalue weighted by atomic mass is 32.2. The number of benzene rings is 1. The quantitative estimate of drug-likeness (QED) is 0.439. The fourth-order valence-electron chi connectivity index (χ4n) is 3.82. The Hall–Kier alpha value is -2.19. The molecule has 0 aliphatic heterocycles. The molecule has 0 saturated heterocycles. The van der Waals surface area contributed by atoms with Crippen molar-refractivity contribution >= 4 is 15.7 Å². The standard InChI is InChI=1S/C25H39N3O4S/c1-18(2)14-28(15-19(3)4)13-9-12-26-24(29)17-33(30,31)16-23-21(6)32-25(27-23)22-11-8-7-10-20(22)5/h7-8,10-11,18-19H,9,12-17H2,1-6H3,(H,26,29). The molecule has 0 bridgehead atoms. The highest BCUT2D eigenvalue weighted by Crippen LogP contribution is 2.25. The summed E-state index contributed by atoms with van der Waals surface area (Å²) in [5, 5.41) is 2.75. The number of nitrogens with zero attached hydrogens (tertiary/aromatic N) is 2. The first-order valence-electron chi connectivity index (χ1n) is 11.7. The molecule has 33 heavy (non-hydrogen) atoms. The molecule has 0 atom stereocenters. The summed E-state index contributed by atoms with van der Waals surface area (Å²) in [6.45, 7) is 15.8. The van der Waals surface area contributed by atoms with Crippen LogP contribution in [0.15, 0.2) is 28.7 Å². The molecule has 0 fully saturated rings. The maximum Gasteiger partial charge on any atom is 0.235 e. The molecule has 1 aromatic carbocycles. The van der Waals surface area contributed by atoms with Crippen molar-refractivity contribution in [1.82, 2.24) is 15.2 Å². The zero-order valence-corrected chi connectivity index (χ0v) is 21.7. The Morgan fingerprint density at radius 2 is 1.73 bits per heavy atom. The molecule has 1 aromatic heterocycles. The maximum atomic E-state index is 12.6. The zero-order chi connectivity index (χ0) is 24.6. The molecule has 0 unspecified atom stereocenters. The molecule has 184 valence electrons. The largest absolute Gasteiger partial charge is 0.441 e. The first-order valence-corrected chi connectivity index (χ1v) is 13.5. The SMILES string of the molecule is Cc1ccccc1-c1nc(CS(=O)(=O)CC(=O)NCCCN(CC(C)C)CC(C)C)c(C)o1. The molecule has 0 aliphatic carbocycles. The Kier molecular flexibility index (Phi) is 10.1. The highest BCUT2D eigenvalue weighted by Gasteiger charge is 2.22. The van der Waals surface area contributed by atoms with E-state index in [2.05, 4.69) is 42.9 Å². The van der Waals surface area contributed by atoms with E-state index in [4.69, 9.17) is 4.42 Å². The van der Waals surface area contributed by atoms with Crippen molar-refractivity contribution in [2.24, 2.45) is 11.8 Å². The van der Waals surface area contributed by atoms with Crippen LogP contribution in [-0.4, -0.2) is 56.1 Å². The molecule has 1 amide bonds. The lowest BCUT2D eigenvalue weighted by Crippen LogP contribution is -2.36. The van der Waals surface area contributed by atoms with Gasteiger partial charge in [0.1, 0.15) is 11.5 Å². The van der Waals surface area contributed by atoms with E-state index in [-0.39, 0.29) is 5.75 Å². The Labute approximate surface area is 198 Å². The van der Waals surface area contributed by atoms with Crippen molar-refractivity contribution in [3.05, 3.63) is 41.3 Å². The summed E-state index contributed by atoms with van der Waals surface area (Å²) in [5.74, 6) is 0.651. The number of amides is 1. The molecule has 7 nitrogen and oxygen atoms in total. The van der Waals surface area contributed by atoms with Gasteiger partial charge in [-0.25, -0.2) is 13.4 Å². The predicted molar refractivity (Wildman–Crippen MR) is 133 cm³/mol. The zero-order valence-electron chi connectivity index (χ0n) is 20.8. The van der Waals surface area contributed by atoms with Gasteiger partial charge in [-0.3, -0.25) is 4.79 Å². The molecule has 2 rings (SSSR count). The first kappa shape index (κ1) is 27.1. The Morgan fingerprint density at radius 1 is 1.09 bits per heavy atom. The third-order valence-corrected chi connectivity index (χ3v) is 6.61. The van der Waals surface area contributed by atoms with Crippen molar-refractivity contribution in [2.75, 3.05) is 31.9 Å². The van der Waals surface area contributed by atoms with Crippen molar-refractivity contribution in [3.63, 3.8) is 0 Å². The number of carbonyl (C=O) groups excluding carboxylic acids is 1. The van der Waals surface area contributed by atoms with Crippen LogP contribution in [0, 0.1) is 25.7 Å². The van der Waals surface area contributed by atoms with Gasteiger partial charge in [0, 0.05) is 25.2 Å². The smallest absolute Gasteiger partial charge is 0.235 e.